The van der Waals surface area contributed by atoms with E-state index in [0.29, 0.717) is 58.1 Å². The smallest absolute Gasteiger partial charge is 0.224 e. The first-order valence-corrected chi connectivity index (χ1v) is 12.8. The maximum Gasteiger partial charge on any atom is 0.224 e. The van der Waals surface area contributed by atoms with Gasteiger partial charge in [0.25, 0.3) is 0 Å². The number of nitrogens with zero attached hydrogens (tertiary/aromatic N) is 4. The van der Waals surface area contributed by atoms with Crippen LogP contribution in [0.2, 0.25) is 10.0 Å². The summed E-state index contributed by atoms with van der Waals surface area (Å²) in [7, 11) is 0. The number of amides is 1. The minimum Gasteiger partial charge on any atom is -0.393 e. The maximum atomic E-state index is 11.7. The fraction of sp³-hybridized carbons (Fsp3) is 0.500. The largest absolute Gasteiger partial charge is 0.393 e. The highest BCUT2D eigenvalue weighted by molar-refractivity contribution is 6.39. The predicted molar refractivity (Wildman–Crippen MR) is 137 cm³/mol. The summed E-state index contributed by atoms with van der Waals surface area (Å²) in [5.74, 6) is 0.714. The number of hydrogen-bond acceptors (Lipinski definition) is 7. The Balaban J connectivity index is 1.51. The third-order valence-corrected chi connectivity index (χ3v) is 7.71. The van der Waals surface area contributed by atoms with E-state index in [2.05, 4.69) is 20.2 Å². The van der Waals surface area contributed by atoms with Crippen molar-refractivity contribution in [2.45, 2.75) is 69.6 Å². The molecule has 1 aromatic carbocycles. The first-order chi connectivity index (χ1) is 16.9. The molecule has 186 valence electrons. The van der Waals surface area contributed by atoms with Crippen molar-refractivity contribution >= 4 is 57.9 Å². The molecular formula is C24H29Cl2N7O2. The molecule has 5 rings (SSSR count). The molecule has 5 N–H and O–H groups in total. The van der Waals surface area contributed by atoms with Gasteiger partial charge in [-0.3, -0.25) is 9.36 Å². The van der Waals surface area contributed by atoms with Gasteiger partial charge in [-0.25, -0.2) is 9.97 Å². The fourth-order valence-electron chi connectivity index (χ4n) is 5.22. The third-order valence-electron chi connectivity index (χ3n) is 7.08. The number of imidazole rings is 1. The van der Waals surface area contributed by atoms with E-state index in [-0.39, 0.29) is 30.0 Å². The number of carbonyl (C=O) groups excluding carboxylic acids is 1. The Morgan fingerprint density at radius 1 is 1.09 bits per heavy atom. The van der Waals surface area contributed by atoms with Crippen molar-refractivity contribution in [2.75, 3.05) is 10.6 Å². The van der Waals surface area contributed by atoms with Gasteiger partial charge in [-0.1, -0.05) is 29.3 Å². The lowest BCUT2D eigenvalue weighted by atomic mass is 9.85. The number of nitrogens with one attached hydrogen (secondary N) is 2. The van der Waals surface area contributed by atoms with Crippen LogP contribution >= 0.6 is 23.2 Å². The molecule has 2 saturated carbocycles. The summed E-state index contributed by atoms with van der Waals surface area (Å²) in [6, 6.07) is 5.51. The van der Waals surface area contributed by atoms with Crippen molar-refractivity contribution < 1.29 is 9.90 Å². The van der Waals surface area contributed by atoms with E-state index in [4.69, 9.17) is 38.9 Å². The summed E-state index contributed by atoms with van der Waals surface area (Å²) in [5, 5.41) is 17.7. The summed E-state index contributed by atoms with van der Waals surface area (Å²) in [4.78, 5) is 25.8. The molecule has 0 saturated heterocycles. The van der Waals surface area contributed by atoms with Gasteiger partial charge in [-0.05, 0) is 63.5 Å². The van der Waals surface area contributed by atoms with E-state index in [1.54, 1.807) is 24.4 Å². The number of benzene rings is 1. The monoisotopic (exact) mass is 517 g/mol. The number of anilines is 3. The lowest BCUT2D eigenvalue weighted by Crippen LogP contribution is -2.30. The second kappa shape index (κ2) is 10.2. The van der Waals surface area contributed by atoms with E-state index in [1.165, 1.54) is 0 Å². The molecule has 0 aliphatic heterocycles. The molecule has 2 fully saturated rings. The van der Waals surface area contributed by atoms with Gasteiger partial charge in [-0.2, -0.15) is 4.98 Å². The van der Waals surface area contributed by atoms with Gasteiger partial charge in [-0.15, -0.1) is 0 Å². The number of hydrogen-bond donors (Lipinski definition) is 4. The zero-order valence-corrected chi connectivity index (χ0v) is 20.8. The molecule has 0 radical (unpaired) electrons. The van der Waals surface area contributed by atoms with Crippen molar-refractivity contribution in [3.05, 3.63) is 34.4 Å². The molecule has 0 spiro atoms. The lowest BCUT2D eigenvalue weighted by molar-refractivity contribution is -0.122. The topological polar surface area (TPSA) is 131 Å². The SMILES string of the molecule is NC(=O)[C@H]1CC[C@H](n2c(Nc3c(Cl)cccc3Cl)nc3cnc(N[C@@H]4CCC[C@@H](O)C4)nc32)CC1. The van der Waals surface area contributed by atoms with Gasteiger partial charge < -0.3 is 21.5 Å². The van der Waals surface area contributed by atoms with Crippen LogP contribution in [-0.4, -0.2) is 42.7 Å². The molecule has 1 amide bonds. The average molecular weight is 518 g/mol. The molecule has 11 heteroatoms. The first kappa shape index (κ1) is 24.1. The lowest BCUT2D eigenvalue weighted by Gasteiger charge is -2.29. The summed E-state index contributed by atoms with van der Waals surface area (Å²) in [6.45, 7) is 0. The number of aromatic nitrogens is 4. The Bertz CT molecular complexity index is 1210. The second-order valence-electron chi connectivity index (χ2n) is 9.50. The molecule has 9 nitrogen and oxygen atoms in total. The molecule has 2 heterocycles. The van der Waals surface area contributed by atoms with Crippen molar-refractivity contribution in [3.8, 4) is 0 Å². The normalized spacial score (nSPS) is 24.9. The quantitative estimate of drug-likeness (QED) is 0.368. The van der Waals surface area contributed by atoms with Gasteiger partial charge in [0.2, 0.25) is 17.8 Å². The number of primary amides is 1. The minimum absolute atomic E-state index is 0.0682. The predicted octanol–water partition coefficient (Wildman–Crippen LogP) is 4.81. The number of para-hydroxylation sites is 1. The van der Waals surface area contributed by atoms with Crippen molar-refractivity contribution in [3.63, 3.8) is 0 Å². The second-order valence-corrected chi connectivity index (χ2v) is 10.3. The van der Waals surface area contributed by atoms with Gasteiger partial charge in [0, 0.05) is 18.0 Å². The number of aliphatic hydroxyl groups excluding tert-OH is 1. The van der Waals surface area contributed by atoms with Gasteiger partial charge in [0.15, 0.2) is 5.65 Å². The maximum absolute atomic E-state index is 11.7. The number of halogens is 2. The molecule has 2 atom stereocenters. The van der Waals surface area contributed by atoms with E-state index < -0.39 is 0 Å². The number of nitrogens with two attached hydrogens (primary N) is 1. The van der Waals surface area contributed by atoms with E-state index in [0.717, 1.165) is 32.1 Å². The Morgan fingerprint density at radius 3 is 2.51 bits per heavy atom. The highest BCUT2D eigenvalue weighted by atomic mass is 35.5. The summed E-state index contributed by atoms with van der Waals surface area (Å²) >= 11 is 12.8. The number of aliphatic hydroxyl groups is 1. The summed E-state index contributed by atoms with van der Waals surface area (Å²) < 4.78 is 2.06. The number of carbonyl (C=O) groups is 1. The van der Waals surface area contributed by atoms with Crippen LogP contribution in [0.25, 0.3) is 11.2 Å². The van der Waals surface area contributed by atoms with Crippen molar-refractivity contribution in [1.29, 1.82) is 0 Å². The standard InChI is InChI=1S/C24H29Cl2N7O2/c25-17-5-2-6-18(26)20(17)31-24-30-19-12-28-23(29-14-3-1-4-16(34)11-14)32-22(19)33(24)15-9-7-13(8-10-15)21(27)35/h2,5-6,12-16,34H,1,3-4,7-11H2,(H2,27,35)(H,30,31)(H,28,29,32)/t13-,14-,15-,16-/m1/s1. The molecule has 2 aliphatic rings. The van der Waals surface area contributed by atoms with E-state index in [1.807, 2.05) is 0 Å². The summed E-state index contributed by atoms with van der Waals surface area (Å²) in [5.41, 5.74) is 7.46. The fourth-order valence-corrected chi connectivity index (χ4v) is 5.71. The zero-order valence-electron chi connectivity index (χ0n) is 19.3. The first-order valence-electron chi connectivity index (χ1n) is 12.1. The molecule has 35 heavy (non-hydrogen) atoms. The number of fused-ring (bicyclic) bond motifs is 1. The highest BCUT2D eigenvalue weighted by Gasteiger charge is 2.30. The molecule has 0 unspecified atom stereocenters. The number of rotatable bonds is 6. The van der Waals surface area contributed by atoms with E-state index >= 15 is 0 Å². The highest BCUT2D eigenvalue weighted by Crippen LogP contribution is 2.39. The van der Waals surface area contributed by atoms with Gasteiger partial charge in [0.05, 0.1) is 28.0 Å². The molecule has 0 bridgehead atoms. The molecule has 3 aromatic rings. The van der Waals surface area contributed by atoms with Crippen LogP contribution in [0.4, 0.5) is 17.6 Å². The Morgan fingerprint density at radius 2 is 1.83 bits per heavy atom. The molecular weight excluding hydrogens is 489 g/mol. The van der Waals surface area contributed by atoms with E-state index in [9.17, 15) is 9.90 Å². The minimum atomic E-state index is -0.299. The van der Waals surface area contributed by atoms with Gasteiger partial charge in [0.1, 0.15) is 5.52 Å². The summed E-state index contributed by atoms with van der Waals surface area (Å²) in [6.07, 6.45) is 7.80. The van der Waals surface area contributed by atoms with Crippen molar-refractivity contribution in [2.24, 2.45) is 11.7 Å². The van der Waals surface area contributed by atoms with Gasteiger partial charge >= 0.3 is 0 Å². The van der Waals surface area contributed by atoms with Crippen LogP contribution < -0.4 is 16.4 Å². The Kier molecular flexibility index (Phi) is 7.00. The van der Waals surface area contributed by atoms with Crippen molar-refractivity contribution in [1.82, 2.24) is 19.5 Å². The van der Waals surface area contributed by atoms with Crippen LogP contribution in [-0.2, 0) is 4.79 Å². The third kappa shape index (κ3) is 5.17. The zero-order chi connectivity index (χ0) is 24.5. The van der Waals surface area contributed by atoms with Crippen LogP contribution in [0.5, 0.6) is 0 Å². The van der Waals surface area contributed by atoms with Crippen LogP contribution in [0.1, 0.15) is 57.4 Å². The molecule has 2 aliphatic carbocycles. The molecule has 2 aromatic heterocycles. The Labute approximate surface area is 213 Å². The van der Waals surface area contributed by atoms with Crippen LogP contribution in [0, 0.1) is 5.92 Å². The van der Waals surface area contributed by atoms with Crippen LogP contribution in [0.3, 0.4) is 0 Å². The average Bonchev–Trinajstić information content (AvgIpc) is 3.19. The Hall–Kier alpha value is -2.62. The van der Waals surface area contributed by atoms with Crippen LogP contribution in [0.15, 0.2) is 24.4 Å².